The van der Waals surface area contributed by atoms with Gasteiger partial charge in [0.25, 0.3) is 10.0 Å². The highest BCUT2D eigenvalue weighted by Crippen LogP contribution is 2.30. The third-order valence-electron chi connectivity index (χ3n) is 3.74. The van der Waals surface area contributed by atoms with Crippen LogP contribution in [0.25, 0.3) is 12.2 Å². The van der Waals surface area contributed by atoms with Crippen molar-refractivity contribution in [3.63, 3.8) is 0 Å². The normalized spacial score (nSPS) is 13.0. The van der Waals surface area contributed by atoms with Gasteiger partial charge < -0.3 is 4.52 Å². The average molecular weight is 463 g/mol. The Kier molecular flexibility index (Phi) is 5.81. The van der Waals surface area contributed by atoms with Gasteiger partial charge in [-0.15, -0.1) is 0 Å². The molecule has 0 amide bonds. The lowest BCUT2D eigenvalue weighted by Crippen LogP contribution is -2.13. The maximum Gasteiger partial charge on any atom is 0.471 e. The highest BCUT2D eigenvalue weighted by Gasteiger charge is 2.38. The third-order valence-corrected chi connectivity index (χ3v) is 5.12. The molecule has 0 aliphatic heterocycles. The number of nitrogens with one attached hydrogen (secondary N) is 1. The van der Waals surface area contributed by atoms with Crippen molar-refractivity contribution in [2.45, 2.75) is 17.2 Å². The highest BCUT2D eigenvalue weighted by molar-refractivity contribution is 7.92. The van der Waals surface area contributed by atoms with Gasteiger partial charge in [-0.25, -0.2) is 8.42 Å². The zero-order chi connectivity index (χ0) is 22.9. The molecule has 164 valence electrons. The Balaban J connectivity index is 1.77. The summed E-state index contributed by atoms with van der Waals surface area (Å²) in [5.41, 5.74) is -0.730. The molecule has 0 radical (unpaired) electrons. The summed E-state index contributed by atoms with van der Waals surface area (Å²) in [4.78, 5) is 2.92. The number of benzene rings is 2. The molecule has 0 saturated carbocycles. The molecule has 0 fully saturated rings. The smallest absolute Gasteiger partial charge is 0.329 e. The fourth-order valence-corrected chi connectivity index (χ4v) is 3.43. The van der Waals surface area contributed by atoms with Crippen LogP contribution in [0.3, 0.4) is 0 Å². The summed E-state index contributed by atoms with van der Waals surface area (Å²) in [5, 5.41) is 3.15. The van der Waals surface area contributed by atoms with Gasteiger partial charge in [-0.3, -0.25) is 4.72 Å². The molecule has 0 unspecified atom stereocenters. The molecule has 31 heavy (non-hydrogen) atoms. The zero-order valence-electron chi connectivity index (χ0n) is 15.1. The summed E-state index contributed by atoms with van der Waals surface area (Å²) in [5.74, 6) is -1.90. The van der Waals surface area contributed by atoms with E-state index in [0.29, 0.717) is 0 Å². The summed E-state index contributed by atoms with van der Waals surface area (Å²) in [6.07, 6.45) is -7.00. The van der Waals surface area contributed by atoms with Crippen molar-refractivity contribution in [1.82, 2.24) is 10.1 Å². The molecule has 2 aromatic carbocycles. The van der Waals surface area contributed by atoms with Crippen molar-refractivity contribution < 1.29 is 39.3 Å². The van der Waals surface area contributed by atoms with Crippen LogP contribution in [0.15, 0.2) is 57.9 Å². The van der Waals surface area contributed by atoms with Crippen LogP contribution in [-0.4, -0.2) is 18.6 Å². The van der Waals surface area contributed by atoms with Crippen LogP contribution >= 0.6 is 0 Å². The number of hydrogen-bond acceptors (Lipinski definition) is 5. The third kappa shape index (κ3) is 5.63. The predicted molar refractivity (Wildman–Crippen MR) is 96.9 cm³/mol. The molecule has 6 nitrogen and oxygen atoms in total. The molecule has 0 saturated heterocycles. The van der Waals surface area contributed by atoms with Crippen LogP contribution in [0.1, 0.15) is 22.8 Å². The number of hydrogen-bond donors (Lipinski definition) is 1. The summed E-state index contributed by atoms with van der Waals surface area (Å²) in [7, 11) is -4.15. The van der Waals surface area contributed by atoms with E-state index in [0.717, 1.165) is 30.3 Å². The van der Waals surface area contributed by atoms with E-state index >= 15 is 0 Å². The van der Waals surface area contributed by atoms with E-state index in [1.807, 2.05) is 0 Å². The monoisotopic (exact) mass is 463 g/mol. The standard InChI is InChI=1S/C18H11F6N3O3S/c19-17(20,21)12-5-7-13(8-6-12)27-31(28,29)14-3-1-2-11(10-14)4-9-15-25-16(30-26-15)18(22,23)24/h1-10,27H/b9-4+. The van der Waals surface area contributed by atoms with Crippen LogP contribution in [0.4, 0.5) is 32.0 Å². The van der Waals surface area contributed by atoms with E-state index in [4.69, 9.17) is 0 Å². The second-order valence-electron chi connectivity index (χ2n) is 6.04. The Hall–Kier alpha value is -3.35. The fourth-order valence-electron chi connectivity index (χ4n) is 2.32. The Morgan fingerprint density at radius 1 is 0.903 bits per heavy atom. The van der Waals surface area contributed by atoms with E-state index in [1.54, 1.807) is 0 Å². The molecule has 0 aliphatic carbocycles. The summed E-state index contributed by atoms with van der Waals surface area (Å²) in [6.45, 7) is 0. The SMILES string of the molecule is O=S(=O)(Nc1ccc(C(F)(F)F)cc1)c1cccc(/C=C/c2noc(C(F)(F)F)n2)c1. The van der Waals surface area contributed by atoms with Crippen LogP contribution in [-0.2, 0) is 22.4 Å². The average Bonchev–Trinajstić information content (AvgIpc) is 3.16. The first-order chi connectivity index (χ1) is 14.3. The van der Waals surface area contributed by atoms with Gasteiger partial charge in [-0.2, -0.15) is 31.3 Å². The first-order valence-corrected chi connectivity index (χ1v) is 9.72. The number of aromatic nitrogens is 2. The summed E-state index contributed by atoms with van der Waals surface area (Å²) >= 11 is 0. The van der Waals surface area contributed by atoms with Crippen LogP contribution in [0.5, 0.6) is 0 Å². The molecular formula is C18H11F6N3O3S. The predicted octanol–water partition coefficient (Wildman–Crippen LogP) is 5.08. The van der Waals surface area contributed by atoms with E-state index in [1.165, 1.54) is 30.3 Å². The molecule has 0 spiro atoms. The van der Waals surface area contributed by atoms with E-state index in [9.17, 15) is 34.8 Å². The Morgan fingerprint density at radius 3 is 2.16 bits per heavy atom. The maximum atomic E-state index is 12.6. The molecule has 13 heteroatoms. The van der Waals surface area contributed by atoms with Gasteiger partial charge in [-0.05, 0) is 48.0 Å². The van der Waals surface area contributed by atoms with Gasteiger partial charge >= 0.3 is 18.2 Å². The van der Waals surface area contributed by atoms with Gasteiger partial charge in [0.05, 0.1) is 10.5 Å². The number of anilines is 1. The minimum atomic E-state index is -4.79. The van der Waals surface area contributed by atoms with Crippen molar-refractivity contribution in [1.29, 1.82) is 0 Å². The first kappa shape index (κ1) is 22.3. The van der Waals surface area contributed by atoms with Crippen LogP contribution in [0, 0.1) is 0 Å². The lowest BCUT2D eigenvalue weighted by Gasteiger charge is -2.10. The minimum Gasteiger partial charge on any atom is -0.329 e. The summed E-state index contributed by atoms with van der Waals surface area (Å²) < 4.78 is 106. The Morgan fingerprint density at radius 2 is 1.58 bits per heavy atom. The molecule has 3 aromatic rings. The molecule has 0 aliphatic rings. The van der Waals surface area contributed by atoms with Crippen molar-refractivity contribution in [3.05, 3.63) is 71.4 Å². The van der Waals surface area contributed by atoms with E-state index in [2.05, 4.69) is 19.4 Å². The van der Waals surface area contributed by atoms with Gasteiger partial charge in [0.1, 0.15) is 0 Å². The first-order valence-electron chi connectivity index (χ1n) is 8.24. The fraction of sp³-hybridized carbons (Fsp3) is 0.111. The topological polar surface area (TPSA) is 85.1 Å². The van der Waals surface area contributed by atoms with Crippen LogP contribution < -0.4 is 4.72 Å². The number of sulfonamides is 1. The number of nitrogens with zero attached hydrogens (tertiary/aromatic N) is 2. The van der Waals surface area contributed by atoms with Gasteiger partial charge in [-0.1, -0.05) is 23.4 Å². The number of rotatable bonds is 5. The lowest BCUT2D eigenvalue weighted by molar-refractivity contribution is -0.159. The molecule has 1 aromatic heterocycles. The Bertz CT molecular complexity index is 1200. The molecule has 1 heterocycles. The van der Waals surface area contributed by atoms with Crippen LogP contribution in [0.2, 0.25) is 0 Å². The highest BCUT2D eigenvalue weighted by atomic mass is 32.2. The quantitative estimate of drug-likeness (QED) is 0.534. The van der Waals surface area contributed by atoms with Crippen molar-refractivity contribution in [2.75, 3.05) is 4.72 Å². The van der Waals surface area contributed by atoms with E-state index < -0.39 is 33.8 Å². The second kappa shape index (κ2) is 8.06. The van der Waals surface area contributed by atoms with E-state index in [-0.39, 0.29) is 22.0 Å². The zero-order valence-corrected chi connectivity index (χ0v) is 15.9. The van der Waals surface area contributed by atoms with Crippen molar-refractivity contribution >= 4 is 27.9 Å². The molecule has 1 N–H and O–H groups in total. The molecule has 0 bridgehead atoms. The van der Waals surface area contributed by atoms with Gasteiger partial charge in [0, 0.05) is 5.69 Å². The second-order valence-corrected chi connectivity index (χ2v) is 7.72. The molecule has 3 rings (SSSR count). The molecular weight excluding hydrogens is 452 g/mol. The lowest BCUT2D eigenvalue weighted by atomic mass is 10.2. The Labute approximate surface area is 171 Å². The van der Waals surface area contributed by atoms with Crippen molar-refractivity contribution in [2.24, 2.45) is 0 Å². The largest absolute Gasteiger partial charge is 0.471 e. The van der Waals surface area contributed by atoms with Gasteiger partial charge in [0.15, 0.2) is 5.82 Å². The number of alkyl halides is 6. The van der Waals surface area contributed by atoms with Crippen molar-refractivity contribution in [3.8, 4) is 0 Å². The van der Waals surface area contributed by atoms with Gasteiger partial charge in [0.2, 0.25) is 0 Å². The number of halogens is 6. The molecule has 0 atom stereocenters. The summed E-state index contributed by atoms with van der Waals surface area (Å²) in [6, 6.07) is 8.69. The maximum absolute atomic E-state index is 12.6. The minimum absolute atomic E-state index is 0.0829.